The van der Waals surface area contributed by atoms with E-state index in [1.54, 1.807) is 36.8 Å². The van der Waals surface area contributed by atoms with Crippen molar-refractivity contribution < 1.29 is 13.2 Å². The Morgan fingerprint density at radius 1 is 1.18 bits per heavy atom. The SMILES string of the molecule is CNc1nc(N[C@H]2CCN(C)C[C@H]2F)nn2ccc(-c3ccc4nc(C)n(CC(F)F)c4n3)c12. The van der Waals surface area contributed by atoms with Gasteiger partial charge >= 0.3 is 0 Å². The first-order valence-electron chi connectivity index (χ1n) is 11.1. The van der Waals surface area contributed by atoms with Crippen LogP contribution in [0.4, 0.5) is 24.9 Å². The average molecular weight is 474 g/mol. The van der Waals surface area contributed by atoms with Crippen molar-refractivity contribution >= 4 is 28.4 Å². The van der Waals surface area contributed by atoms with E-state index in [1.165, 1.54) is 4.57 Å². The molecular weight excluding hydrogens is 447 g/mol. The summed E-state index contributed by atoms with van der Waals surface area (Å²) < 4.78 is 43.8. The molecule has 1 fully saturated rings. The van der Waals surface area contributed by atoms with E-state index in [2.05, 4.69) is 30.7 Å². The van der Waals surface area contributed by atoms with Crippen molar-refractivity contribution in [2.45, 2.75) is 38.5 Å². The van der Waals surface area contributed by atoms with Gasteiger partial charge in [-0.3, -0.25) is 0 Å². The van der Waals surface area contributed by atoms with E-state index >= 15 is 0 Å². The van der Waals surface area contributed by atoms with E-state index in [4.69, 9.17) is 0 Å². The van der Waals surface area contributed by atoms with Gasteiger partial charge in [0.25, 0.3) is 6.43 Å². The summed E-state index contributed by atoms with van der Waals surface area (Å²) in [4.78, 5) is 15.5. The summed E-state index contributed by atoms with van der Waals surface area (Å²) in [6, 6.07) is 5.05. The second-order valence-electron chi connectivity index (χ2n) is 8.57. The Bertz CT molecular complexity index is 1330. The lowest BCUT2D eigenvalue weighted by atomic mass is 10.0. The fraction of sp³-hybridized carbons (Fsp3) is 0.455. The number of anilines is 2. The van der Waals surface area contributed by atoms with Gasteiger partial charge in [-0.25, -0.2) is 27.7 Å². The number of halogens is 3. The number of aryl methyl sites for hydroxylation is 1. The molecule has 0 bridgehead atoms. The molecule has 0 aromatic carbocycles. The number of fused-ring (bicyclic) bond motifs is 2. The number of aromatic nitrogens is 6. The van der Waals surface area contributed by atoms with Crippen LogP contribution in [0.2, 0.25) is 0 Å². The molecule has 2 atom stereocenters. The molecule has 1 aliphatic rings. The Balaban J connectivity index is 1.53. The van der Waals surface area contributed by atoms with E-state index in [-0.39, 0.29) is 6.04 Å². The zero-order chi connectivity index (χ0) is 24.0. The quantitative estimate of drug-likeness (QED) is 0.445. The highest BCUT2D eigenvalue weighted by Crippen LogP contribution is 2.31. The first kappa shape index (κ1) is 22.4. The summed E-state index contributed by atoms with van der Waals surface area (Å²) >= 11 is 0. The van der Waals surface area contributed by atoms with Crippen LogP contribution in [0.25, 0.3) is 27.9 Å². The van der Waals surface area contributed by atoms with Gasteiger partial charge < -0.3 is 20.1 Å². The molecular formula is C22H26F3N9. The highest BCUT2D eigenvalue weighted by Gasteiger charge is 2.28. The molecule has 9 nitrogen and oxygen atoms in total. The second-order valence-corrected chi connectivity index (χ2v) is 8.57. The minimum Gasteiger partial charge on any atom is -0.371 e. The molecule has 34 heavy (non-hydrogen) atoms. The molecule has 12 heteroatoms. The molecule has 0 spiro atoms. The molecule has 5 rings (SSSR count). The number of nitrogens with one attached hydrogen (secondary N) is 2. The summed E-state index contributed by atoms with van der Waals surface area (Å²) in [7, 11) is 3.65. The van der Waals surface area contributed by atoms with Gasteiger partial charge in [0.05, 0.1) is 18.3 Å². The first-order valence-corrected chi connectivity index (χ1v) is 11.1. The number of pyridine rings is 1. The van der Waals surface area contributed by atoms with Crippen LogP contribution >= 0.6 is 0 Å². The Labute approximate surface area is 194 Å². The number of hydrogen-bond donors (Lipinski definition) is 2. The van der Waals surface area contributed by atoms with Gasteiger partial charge in [-0.05, 0) is 38.6 Å². The third-order valence-electron chi connectivity index (χ3n) is 6.19. The third-order valence-corrected chi connectivity index (χ3v) is 6.19. The maximum atomic E-state index is 14.5. The number of rotatable bonds is 6. The highest BCUT2D eigenvalue weighted by molar-refractivity contribution is 5.89. The van der Waals surface area contributed by atoms with Crippen LogP contribution in [-0.2, 0) is 6.54 Å². The minimum absolute atomic E-state index is 0.324. The number of hydrogen-bond acceptors (Lipinski definition) is 7. The predicted octanol–water partition coefficient (Wildman–Crippen LogP) is 3.21. The summed E-state index contributed by atoms with van der Waals surface area (Å²) in [5, 5.41) is 10.7. The molecule has 180 valence electrons. The van der Waals surface area contributed by atoms with Crippen molar-refractivity contribution in [1.29, 1.82) is 0 Å². The number of piperidine rings is 1. The van der Waals surface area contributed by atoms with E-state index < -0.39 is 19.1 Å². The van der Waals surface area contributed by atoms with Crippen LogP contribution in [-0.4, -0.2) is 79.9 Å². The summed E-state index contributed by atoms with van der Waals surface area (Å²) in [5.41, 5.74) is 2.96. The monoisotopic (exact) mass is 473 g/mol. The van der Waals surface area contributed by atoms with Crippen molar-refractivity contribution in [2.75, 3.05) is 37.8 Å². The van der Waals surface area contributed by atoms with Gasteiger partial charge in [0.2, 0.25) is 5.95 Å². The van der Waals surface area contributed by atoms with E-state index in [9.17, 15) is 13.2 Å². The lowest BCUT2D eigenvalue weighted by Crippen LogP contribution is -2.46. The summed E-state index contributed by atoms with van der Waals surface area (Å²) in [5.74, 6) is 1.35. The molecule has 0 saturated carbocycles. The number of likely N-dealkylation sites (tertiary alicyclic amines) is 1. The van der Waals surface area contributed by atoms with Gasteiger partial charge in [-0.15, -0.1) is 5.10 Å². The number of alkyl halides is 3. The third kappa shape index (κ3) is 4.02. The Kier molecular flexibility index (Phi) is 5.76. The van der Waals surface area contributed by atoms with E-state index in [0.29, 0.717) is 52.9 Å². The van der Waals surface area contributed by atoms with Crippen molar-refractivity contribution in [3.05, 3.63) is 30.2 Å². The molecule has 0 amide bonds. The van der Waals surface area contributed by atoms with E-state index in [0.717, 1.165) is 12.1 Å². The molecule has 1 saturated heterocycles. The van der Waals surface area contributed by atoms with Crippen LogP contribution in [0.5, 0.6) is 0 Å². The molecule has 5 heterocycles. The highest BCUT2D eigenvalue weighted by atomic mass is 19.3. The molecule has 4 aromatic heterocycles. The largest absolute Gasteiger partial charge is 0.371 e. The zero-order valence-corrected chi connectivity index (χ0v) is 19.1. The van der Waals surface area contributed by atoms with Gasteiger partial charge in [-0.1, -0.05) is 0 Å². The minimum atomic E-state index is -2.51. The Morgan fingerprint density at radius 2 is 2.00 bits per heavy atom. The number of nitrogens with zero attached hydrogens (tertiary/aromatic N) is 7. The Morgan fingerprint density at radius 3 is 2.74 bits per heavy atom. The van der Waals surface area contributed by atoms with Gasteiger partial charge in [0.1, 0.15) is 23.0 Å². The van der Waals surface area contributed by atoms with Gasteiger partial charge in [0.15, 0.2) is 11.5 Å². The predicted molar refractivity (Wildman–Crippen MR) is 124 cm³/mol. The van der Waals surface area contributed by atoms with E-state index in [1.807, 2.05) is 18.0 Å². The van der Waals surface area contributed by atoms with Crippen molar-refractivity contribution in [2.24, 2.45) is 0 Å². The van der Waals surface area contributed by atoms with Gasteiger partial charge in [-0.2, -0.15) is 4.98 Å². The van der Waals surface area contributed by atoms with Crippen molar-refractivity contribution in [3.63, 3.8) is 0 Å². The molecule has 2 N–H and O–H groups in total. The Hall–Kier alpha value is -3.41. The fourth-order valence-corrected chi connectivity index (χ4v) is 4.47. The summed E-state index contributed by atoms with van der Waals surface area (Å²) in [6.07, 6.45) is -1.11. The topological polar surface area (TPSA) is 88.2 Å². The maximum Gasteiger partial charge on any atom is 0.256 e. The molecule has 0 aliphatic carbocycles. The van der Waals surface area contributed by atoms with Crippen LogP contribution < -0.4 is 10.6 Å². The molecule has 0 radical (unpaired) electrons. The van der Waals surface area contributed by atoms with Gasteiger partial charge in [0, 0.05) is 31.9 Å². The number of imidazole rings is 1. The zero-order valence-electron chi connectivity index (χ0n) is 19.1. The summed E-state index contributed by atoms with van der Waals surface area (Å²) in [6.45, 7) is 2.37. The first-order chi connectivity index (χ1) is 16.3. The van der Waals surface area contributed by atoms with Crippen LogP contribution in [0.1, 0.15) is 12.2 Å². The smallest absolute Gasteiger partial charge is 0.256 e. The van der Waals surface area contributed by atoms with Crippen molar-refractivity contribution in [3.8, 4) is 11.3 Å². The van der Waals surface area contributed by atoms with Crippen LogP contribution in [0.15, 0.2) is 24.4 Å². The van der Waals surface area contributed by atoms with Crippen molar-refractivity contribution in [1.82, 2.24) is 34.0 Å². The molecule has 4 aromatic rings. The molecule has 1 aliphatic heterocycles. The average Bonchev–Trinajstić information content (AvgIpc) is 3.35. The second kappa shape index (κ2) is 8.75. The standard InChI is InChI=1S/C22H26F3N9/c1-12-27-17-5-4-15(28-21(17)33(12)11-18(24)25)13-6-9-34-19(13)20(26-2)30-22(31-34)29-16-7-8-32(3)10-14(16)23/h4-6,9,14,16,18H,7-8,10-11H2,1-3H3,(H2,26,29,30,31)/t14-,16+/m1/s1. The lowest BCUT2D eigenvalue weighted by molar-refractivity contribution is 0.127. The van der Waals surface area contributed by atoms with Crippen LogP contribution in [0, 0.1) is 6.92 Å². The normalized spacial score (nSPS) is 19.4. The maximum absolute atomic E-state index is 14.5. The molecule has 0 unspecified atom stereocenters. The fourth-order valence-electron chi connectivity index (χ4n) is 4.47. The lowest BCUT2D eigenvalue weighted by Gasteiger charge is -2.32. The van der Waals surface area contributed by atoms with Crippen LogP contribution in [0.3, 0.4) is 0 Å².